The van der Waals surface area contributed by atoms with Gasteiger partial charge in [0.1, 0.15) is 12.3 Å². The zero-order valence-corrected chi connectivity index (χ0v) is 18.8. The van der Waals surface area contributed by atoms with Crippen LogP contribution in [-0.2, 0) is 9.59 Å². The van der Waals surface area contributed by atoms with Crippen LogP contribution in [-0.4, -0.2) is 31.5 Å². The van der Waals surface area contributed by atoms with Gasteiger partial charge in [0.15, 0.2) is 11.5 Å². The molecule has 2 aliphatic rings. The standard InChI is InChI=1S/C26H30N2O4/c1-17-8-6-11-21(18(17)2)27-25(29)16-28-22-12-4-5-13-23(22)32-24(26(28)30)15-19-9-7-10-20(14-19)31-3/h4-5,7,9-10,12-15,17-18,21H,6,8,11,16H2,1-3H3,(H,27,29). The third kappa shape index (κ3) is 4.64. The van der Waals surface area contributed by atoms with Gasteiger partial charge in [0.2, 0.25) is 5.91 Å². The molecule has 32 heavy (non-hydrogen) atoms. The summed E-state index contributed by atoms with van der Waals surface area (Å²) in [5.74, 6) is 1.92. The molecule has 3 unspecified atom stereocenters. The summed E-state index contributed by atoms with van der Waals surface area (Å²) in [4.78, 5) is 27.8. The number of amides is 2. The monoisotopic (exact) mass is 434 g/mol. The van der Waals surface area contributed by atoms with E-state index in [1.807, 2.05) is 36.4 Å². The number of hydrogen-bond acceptors (Lipinski definition) is 4. The second kappa shape index (κ2) is 9.47. The number of nitrogens with zero attached hydrogens (tertiary/aromatic N) is 1. The SMILES string of the molecule is COc1cccc(C=C2Oc3ccccc3N(CC(=O)NC3CCCC(C)C3C)C2=O)c1. The van der Waals surface area contributed by atoms with Crippen molar-refractivity contribution in [2.24, 2.45) is 11.8 Å². The summed E-state index contributed by atoms with van der Waals surface area (Å²) >= 11 is 0. The largest absolute Gasteiger partial charge is 0.497 e. The van der Waals surface area contributed by atoms with E-state index >= 15 is 0 Å². The molecule has 1 aliphatic heterocycles. The summed E-state index contributed by atoms with van der Waals surface area (Å²) in [6.45, 7) is 4.38. The van der Waals surface area contributed by atoms with E-state index in [1.165, 1.54) is 11.3 Å². The number of methoxy groups -OCH3 is 1. The molecule has 1 fully saturated rings. The molecule has 2 amide bonds. The van der Waals surface area contributed by atoms with Crippen molar-refractivity contribution in [2.75, 3.05) is 18.6 Å². The van der Waals surface area contributed by atoms with E-state index in [0.717, 1.165) is 18.4 Å². The first-order valence-electron chi connectivity index (χ1n) is 11.2. The molecular weight excluding hydrogens is 404 g/mol. The number of ether oxygens (including phenoxy) is 2. The van der Waals surface area contributed by atoms with Gasteiger partial charge in [0.25, 0.3) is 5.91 Å². The molecule has 1 saturated carbocycles. The first kappa shape index (κ1) is 21.9. The molecule has 0 aromatic heterocycles. The lowest BCUT2D eigenvalue weighted by Gasteiger charge is -2.35. The highest BCUT2D eigenvalue weighted by atomic mass is 16.5. The van der Waals surface area contributed by atoms with E-state index in [0.29, 0.717) is 29.0 Å². The van der Waals surface area contributed by atoms with E-state index in [-0.39, 0.29) is 30.2 Å². The van der Waals surface area contributed by atoms with E-state index in [1.54, 1.807) is 25.3 Å². The Morgan fingerprint density at radius 1 is 1.19 bits per heavy atom. The van der Waals surface area contributed by atoms with Gasteiger partial charge in [-0.3, -0.25) is 14.5 Å². The van der Waals surface area contributed by atoms with Crippen molar-refractivity contribution < 1.29 is 19.1 Å². The Hall–Kier alpha value is -3.28. The Morgan fingerprint density at radius 2 is 2.00 bits per heavy atom. The Bertz CT molecular complexity index is 1030. The number of benzene rings is 2. The molecule has 3 atom stereocenters. The van der Waals surface area contributed by atoms with Crippen LogP contribution in [0, 0.1) is 11.8 Å². The van der Waals surface area contributed by atoms with Crippen molar-refractivity contribution in [2.45, 2.75) is 39.2 Å². The van der Waals surface area contributed by atoms with Crippen LogP contribution in [0.2, 0.25) is 0 Å². The Labute approximate surface area is 189 Å². The second-order valence-corrected chi connectivity index (χ2v) is 8.69. The molecule has 168 valence electrons. The van der Waals surface area contributed by atoms with Crippen LogP contribution in [0.4, 0.5) is 5.69 Å². The number of carbonyl (C=O) groups excluding carboxylic acids is 2. The number of carbonyl (C=O) groups is 2. The lowest BCUT2D eigenvalue weighted by Crippen LogP contribution is -2.49. The van der Waals surface area contributed by atoms with Crippen molar-refractivity contribution in [1.29, 1.82) is 0 Å². The summed E-state index contributed by atoms with van der Waals surface area (Å²) in [5.41, 5.74) is 1.38. The van der Waals surface area contributed by atoms with Crippen LogP contribution < -0.4 is 19.7 Å². The van der Waals surface area contributed by atoms with Crippen molar-refractivity contribution in [3.05, 3.63) is 59.9 Å². The van der Waals surface area contributed by atoms with Gasteiger partial charge in [-0.2, -0.15) is 0 Å². The number of para-hydroxylation sites is 2. The lowest BCUT2D eigenvalue weighted by molar-refractivity contribution is -0.124. The van der Waals surface area contributed by atoms with E-state index in [9.17, 15) is 9.59 Å². The van der Waals surface area contributed by atoms with Crippen molar-refractivity contribution in [1.82, 2.24) is 5.32 Å². The number of nitrogens with one attached hydrogen (secondary N) is 1. The minimum absolute atomic E-state index is 0.0493. The van der Waals surface area contributed by atoms with Crippen molar-refractivity contribution in [3.63, 3.8) is 0 Å². The van der Waals surface area contributed by atoms with E-state index in [2.05, 4.69) is 19.2 Å². The van der Waals surface area contributed by atoms with Crippen LogP contribution in [0.25, 0.3) is 6.08 Å². The second-order valence-electron chi connectivity index (χ2n) is 8.69. The highest BCUT2D eigenvalue weighted by molar-refractivity contribution is 6.12. The van der Waals surface area contributed by atoms with Gasteiger partial charge >= 0.3 is 0 Å². The third-order valence-electron chi connectivity index (χ3n) is 6.58. The number of anilines is 1. The highest BCUT2D eigenvalue weighted by Crippen LogP contribution is 2.36. The van der Waals surface area contributed by atoms with Crippen molar-refractivity contribution in [3.8, 4) is 11.5 Å². The molecule has 2 aromatic rings. The average Bonchev–Trinajstić information content (AvgIpc) is 2.80. The summed E-state index contributed by atoms with van der Waals surface area (Å²) in [6, 6.07) is 14.8. The molecule has 6 heteroatoms. The molecule has 2 aromatic carbocycles. The maximum absolute atomic E-state index is 13.3. The fourth-order valence-electron chi connectivity index (χ4n) is 4.48. The van der Waals surface area contributed by atoms with Gasteiger partial charge in [-0.1, -0.05) is 51.0 Å². The molecule has 1 aliphatic carbocycles. The molecule has 1 heterocycles. The summed E-state index contributed by atoms with van der Waals surface area (Å²) < 4.78 is 11.2. The normalized spacial score (nSPS) is 24.0. The number of hydrogen-bond donors (Lipinski definition) is 1. The molecule has 0 radical (unpaired) electrons. The summed E-state index contributed by atoms with van der Waals surface area (Å²) in [6.07, 6.45) is 4.97. The third-order valence-corrected chi connectivity index (χ3v) is 6.58. The number of rotatable bonds is 5. The predicted molar refractivity (Wildman–Crippen MR) is 125 cm³/mol. The van der Waals surface area contributed by atoms with Gasteiger partial charge in [-0.05, 0) is 54.2 Å². The molecule has 4 rings (SSSR count). The zero-order valence-electron chi connectivity index (χ0n) is 18.8. The lowest BCUT2D eigenvalue weighted by atomic mass is 9.78. The zero-order chi connectivity index (χ0) is 22.7. The Balaban J connectivity index is 1.57. The van der Waals surface area contributed by atoms with Gasteiger partial charge in [0.05, 0.1) is 12.8 Å². The maximum Gasteiger partial charge on any atom is 0.294 e. The van der Waals surface area contributed by atoms with Crippen LogP contribution in [0.15, 0.2) is 54.3 Å². The average molecular weight is 435 g/mol. The number of fused-ring (bicyclic) bond motifs is 1. The fraction of sp³-hybridized carbons (Fsp3) is 0.385. The molecule has 0 spiro atoms. The quantitative estimate of drug-likeness (QED) is 0.708. The minimum atomic E-state index is -0.341. The van der Waals surface area contributed by atoms with Gasteiger partial charge < -0.3 is 14.8 Å². The highest BCUT2D eigenvalue weighted by Gasteiger charge is 2.33. The van der Waals surface area contributed by atoms with Crippen LogP contribution >= 0.6 is 0 Å². The van der Waals surface area contributed by atoms with Crippen LogP contribution in [0.5, 0.6) is 11.5 Å². The topological polar surface area (TPSA) is 67.9 Å². The van der Waals surface area contributed by atoms with Crippen LogP contribution in [0.3, 0.4) is 0 Å². The van der Waals surface area contributed by atoms with Crippen molar-refractivity contribution >= 4 is 23.6 Å². The Morgan fingerprint density at radius 3 is 2.81 bits per heavy atom. The van der Waals surface area contributed by atoms with E-state index in [4.69, 9.17) is 9.47 Å². The minimum Gasteiger partial charge on any atom is -0.497 e. The summed E-state index contributed by atoms with van der Waals surface area (Å²) in [5, 5.41) is 3.17. The van der Waals surface area contributed by atoms with Gasteiger partial charge in [-0.25, -0.2) is 0 Å². The fourth-order valence-corrected chi connectivity index (χ4v) is 4.48. The molecule has 1 N–H and O–H groups in total. The first-order valence-corrected chi connectivity index (χ1v) is 11.2. The molecular formula is C26H30N2O4. The smallest absolute Gasteiger partial charge is 0.294 e. The predicted octanol–water partition coefficient (Wildman–Crippen LogP) is 4.40. The van der Waals surface area contributed by atoms with Gasteiger partial charge in [-0.15, -0.1) is 0 Å². The molecule has 0 bridgehead atoms. The Kier molecular flexibility index (Phi) is 6.49. The van der Waals surface area contributed by atoms with E-state index < -0.39 is 0 Å². The van der Waals surface area contributed by atoms with Gasteiger partial charge in [0, 0.05) is 6.04 Å². The maximum atomic E-state index is 13.3. The van der Waals surface area contributed by atoms with Crippen LogP contribution in [0.1, 0.15) is 38.7 Å². The molecule has 6 nitrogen and oxygen atoms in total. The summed E-state index contributed by atoms with van der Waals surface area (Å²) in [7, 11) is 1.60. The first-order chi connectivity index (χ1) is 15.5. The molecule has 0 saturated heterocycles.